The fourth-order valence-corrected chi connectivity index (χ4v) is 2.08. The molecule has 0 heterocycles. The number of benzene rings is 2. The molecule has 1 amide bonds. The average Bonchev–Trinajstić information content (AvgIpc) is 2.64. The number of carbonyl (C=O) groups excluding carboxylic acids is 1. The van der Waals surface area contributed by atoms with Gasteiger partial charge < -0.3 is 10.1 Å². The number of amides is 1. The van der Waals surface area contributed by atoms with E-state index in [9.17, 15) is 9.18 Å². The third-order valence-corrected chi connectivity index (χ3v) is 3.47. The Bertz CT molecular complexity index is 763. The first-order valence-electron chi connectivity index (χ1n) is 7.48. The summed E-state index contributed by atoms with van der Waals surface area (Å²) < 4.78 is 18.0. The molecular formula is C18H18FN3O2S. The molecule has 0 saturated carbocycles. The maximum atomic E-state index is 12.8. The third kappa shape index (κ3) is 6.23. The molecule has 0 spiro atoms. The summed E-state index contributed by atoms with van der Waals surface area (Å²) >= 11 is 5.06. The molecule has 7 heteroatoms. The Hall–Kier alpha value is -2.93. The minimum Gasteiger partial charge on any atom is -0.496 e. The van der Waals surface area contributed by atoms with Gasteiger partial charge in [0.2, 0.25) is 0 Å². The molecule has 0 unspecified atom stereocenters. The minimum atomic E-state index is -0.364. The molecule has 0 saturated heterocycles. The van der Waals surface area contributed by atoms with Crippen LogP contribution in [0.4, 0.5) is 4.39 Å². The number of ether oxygens (including phenoxy) is 1. The van der Waals surface area contributed by atoms with Crippen molar-refractivity contribution in [3.05, 3.63) is 71.6 Å². The Kier molecular flexibility index (Phi) is 6.91. The topological polar surface area (TPSA) is 62.4 Å². The predicted octanol–water partition coefficient (Wildman–Crippen LogP) is 2.54. The van der Waals surface area contributed by atoms with Crippen molar-refractivity contribution in [2.45, 2.75) is 6.54 Å². The van der Waals surface area contributed by atoms with Gasteiger partial charge in [0.15, 0.2) is 5.11 Å². The van der Waals surface area contributed by atoms with E-state index in [1.807, 2.05) is 24.3 Å². The van der Waals surface area contributed by atoms with Crippen LogP contribution in [0.2, 0.25) is 0 Å². The van der Waals surface area contributed by atoms with Crippen LogP contribution in [-0.4, -0.2) is 18.1 Å². The zero-order valence-electron chi connectivity index (χ0n) is 13.6. The van der Waals surface area contributed by atoms with Crippen LogP contribution in [0.3, 0.4) is 0 Å². The van der Waals surface area contributed by atoms with E-state index in [4.69, 9.17) is 17.0 Å². The highest BCUT2D eigenvalue weighted by Gasteiger charge is 2.01. The molecule has 3 N–H and O–H groups in total. The van der Waals surface area contributed by atoms with Crippen LogP contribution in [0.5, 0.6) is 5.75 Å². The highest BCUT2D eigenvalue weighted by Crippen LogP contribution is 2.18. The minimum absolute atomic E-state index is 0.253. The SMILES string of the molecule is COc1ccccc1/C=C/C(=O)NNC(=S)NCc1ccc(F)cc1. The number of methoxy groups -OCH3 is 1. The van der Waals surface area contributed by atoms with Crippen LogP contribution in [0.25, 0.3) is 6.08 Å². The van der Waals surface area contributed by atoms with Crippen LogP contribution < -0.4 is 20.9 Å². The molecule has 0 fully saturated rings. The number of hydrazine groups is 1. The molecule has 2 rings (SSSR count). The quantitative estimate of drug-likeness (QED) is 0.435. The van der Waals surface area contributed by atoms with Crippen molar-refractivity contribution in [2.24, 2.45) is 0 Å². The van der Waals surface area contributed by atoms with E-state index in [-0.39, 0.29) is 16.8 Å². The molecule has 0 aliphatic rings. The summed E-state index contributed by atoms with van der Waals surface area (Å²) in [6.07, 6.45) is 3.01. The number of hydrogen-bond donors (Lipinski definition) is 3. The second-order valence-corrected chi connectivity index (χ2v) is 5.41. The van der Waals surface area contributed by atoms with Crippen molar-refractivity contribution < 1.29 is 13.9 Å². The number of para-hydroxylation sites is 1. The molecule has 25 heavy (non-hydrogen) atoms. The number of hydrogen-bond acceptors (Lipinski definition) is 3. The summed E-state index contributed by atoms with van der Waals surface area (Å²) in [5.41, 5.74) is 6.71. The zero-order chi connectivity index (χ0) is 18.1. The van der Waals surface area contributed by atoms with Crippen LogP contribution in [0.15, 0.2) is 54.6 Å². The summed E-state index contributed by atoms with van der Waals surface area (Å²) in [5, 5.41) is 3.16. The fourth-order valence-electron chi connectivity index (χ4n) is 1.96. The van der Waals surface area contributed by atoms with Crippen molar-refractivity contribution in [1.29, 1.82) is 0 Å². The predicted molar refractivity (Wildman–Crippen MR) is 99.1 cm³/mol. The van der Waals surface area contributed by atoms with Gasteiger partial charge >= 0.3 is 0 Å². The van der Waals surface area contributed by atoms with E-state index >= 15 is 0 Å². The first-order valence-corrected chi connectivity index (χ1v) is 7.88. The van der Waals surface area contributed by atoms with E-state index in [2.05, 4.69) is 16.2 Å². The van der Waals surface area contributed by atoms with Crippen molar-refractivity contribution in [3.63, 3.8) is 0 Å². The molecule has 0 radical (unpaired) electrons. The Morgan fingerprint density at radius 2 is 1.88 bits per heavy atom. The summed E-state index contributed by atoms with van der Waals surface area (Å²) in [7, 11) is 1.57. The summed E-state index contributed by atoms with van der Waals surface area (Å²) in [6, 6.07) is 13.4. The fraction of sp³-hybridized carbons (Fsp3) is 0.111. The van der Waals surface area contributed by atoms with Crippen LogP contribution in [0, 0.1) is 5.82 Å². The van der Waals surface area contributed by atoms with Crippen molar-refractivity contribution in [2.75, 3.05) is 7.11 Å². The van der Waals surface area contributed by atoms with Crippen LogP contribution in [0.1, 0.15) is 11.1 Å². The highest BCUT2D eigenvalue weighted by molar-refractivity contribution is 7.80. The van der Waals surface area contributed by atoms with Gasteiger partial charge in [-0.05, 0) is 42.1 Å². The molecule has 0 aliphatic heterocycles. The normalized spacial score (nSPS) is 10.3. The molecule has 0 aromatic heterocycles. The van der Waals surface area contributed by atoms with Gasteiger partial charge in [0, 0.05) is 18.2 Å². The Morgan fingerprint density at radius 1 is 1.16 bits per heavy atom. The molecule has 0 atom stereocenters. The second-order valence-electron chi connectivity index (χ2n) is 5.00. The van der Waals surface area contributed by atoms with Crippen LogP contribution in [-0.2, 0) is 11.3 Å². The number of halogens is 1. The van der Waals surface area contributed by atoms with Crippen molar-refractivity contribution in [3.8, 4) is 5.75 Å². The zero-order valence-corrected chi connectivity index (χ0v) is 14.4. The Balaban J connectivity index is 1.76. The van der Waals surface area contributed by atoms with Gasteiger partial charge in [0.1, 0.15) is 11.6 Å². The number of rotatable bonds is 5. The van der Waals surface area contributed by atoms with Crippen molar-refractivity contribution in [1.82, 2.24) is 16.2 Å². The van der Waals surface area contributed by atoms with E-state index < -0.39 is 0 Å². The summed E-state index contributed by atoms with van der Waals surface area (Å²) in [6.45, 7) is 0.416. The molecule has 2 aromatic carbocycles. The molecule has 0 bridgehead atoms. The van der Waals surface area contributed by atoms with E-state index in [0.29, 0.717) is 12.3 Å². The Morgan fingerprint density at radius 3 is 2.60 bits per heavy atom. The third-order valence-electron chi connectivity index (χ3n) is 3.22. The van der Waals surface area contributed by atoms with Crippen LogP contribution >= 0.6 is 12.2 Å². The first-order chi connectivity index (χ1) is 12.1. The molecule has 5 nitrogen and oxygen atoms in total. The number of nitrogens with one attached hydrogen (secondary N) is 3. The molecule has 130 valence electrons. The second kappa shape index (κ2) is 9.39. The highest BCUT2D eigenvalue weighted by atomic mass is 32.1. The molecular weight excluding hydrogens is 341 g/mol. The maximum absolute atomic E-state index is 12.8. The molecule has 2 aromatic rings. The maximum Gasteiger partial charge on any atom is 0.262 e. The average molecular weight is 359 g/mol. The summed E-state index contributed by atoms with van der Waals surface area (Å²) in [4.78, 5) is 11.8. The van der Waals surface area contributed by atoms with Gasteiger partial charge in [-0.2, -0.15) is 0 Å². The lowest BCUT2D eigenvalue weighted by Gasteiger charge is -2.10. The van der Waals surface area contributed by atoms with Gasteiger partial charge in [0.05, 0.1) is 7.11 Å². The first kappa shape index (κ1) is 18.4. The smallest absolute Gasteiger partial charge is 0.262 e. The largest absolute Gasteiger partial charge is 0.496 e. The van der Waals surface area contributed by atoms with Gasteiger partial charge in [-0.25, -0.2) is 4.39 Å². The number of thiocarbonyl (C=S) groups is 1. The van der Waals surface area contributed by atoms with Gasteiger partial charge in [-0.1, -0.05) is 30.3 Å². The van der Waals surface area contributed by atoms with E-state index in [1.165, 1.54) is 18.2 Å². The lowest BCUT2D eigenvalue weighted by Crippen LogP contribution is -2.45. The lowest BCUT2D eigenvalue weighted by atomic mass is 10.2. The molecule has 0 aliphatic carbocycles. The van der Waals surface area contributed by atoms with Gasteiger partial charge in [0.25, 0.3) is 5.91 Å². The number of carbonyl (C=O) groups is 1. The van der Waals surface area contributed by atoms with Crippen molar-refractivity contribution >= 4 is 29.3 Å². The van der Waals surface area contributed by atoms with E-state index in [1.54, 1.807) is 25.3 Å². The summed E-state index contributed by atoms with van der Waals surface area (Å²) in [5.74, 6) is 0.0198. The Labute approximate surface area is 150 Å². The lowest BCUT2D eigenvalue weighted by molar-refractivity contribution is -0.116. The van der Waals surface area contributed by atoms with Gasteiger partial charge in [-0.3, -0.25) is 15.6 Å². The van der Waals surface area contributed by atoms with Gasteiger partial charge in [-0.15, -0.1) is 0 Å². The standard InChI is InChI=1S/C18H18FN3O2S/c1-24-16-5-3-2-4-14(16)8-11-17(23)21-22-18(25)20-12-13-6-9-15(19)10-7-13/h2-11H,12H2,1H3,(H,21,23)(H2,20,22,25)/b11-8+. The monoisotopic (exact) mass is 359 g/mol. The van der Waals surface area contributed by atoms with E-state index in [0.717, 1.165) is 11.1 Å².